The molecule has 1 aromatic carbocycles. The summed E-state index contributed by atoms with van der Waals surface area (Å²) in [7, 11) is -2.14. The lowest BCUT2D eigenvalue weighted by atomic mass is 10.1. The van der Waals surface area contributed by atoms with Gasteiger partial charge in [-0.1, -0.05) is 23.5 Å². The highest BCUT2D eigenvalue weighted by molar-refractivity contribution is 7.89. The molecule has 1 amide bonds. The van der Waals surface area contributed by atoms with Crippen LogP contribution in [0.4, 0.5) is 5.13 Å². The molecule has 10 heteroatoms. The number of thiazole rings is 1. The first-order valence-corrected chi connectivity index (χ1v) is 11.5. The number of esters is 1. The fourth-order valence-electron chi connectivity index (χ4n) is 3.08. The molecule has 2 heterocycles. The van der Waals surface area contributed by atoms with E-state index in [4.69, 9.17) is 0 Å². The number of benzene rings is 1. The van der Waals surface area contributed by atoms with Crippen LogP contribution in [-0.4, -0.2) is 49.8 Å². The quantitative estimate of drug-likeness (QED) is 0.668. The van der Waals surface area contributed by atoms with Gasteiger partial charge in [-0.2, -0.15) is 4.31 Å². The number of aryl methyl sites for hydroxylation is 2. The molecule has 3 rings (SSSR count). The third-order valence-electron chi connectivity index (χ3n) is 4.68. The molecule has 0 spiro atoms. The molecule has 1 aromatic heterocycles. The number of nitrogens with one attached hydrogen (secondary N) is 1. The average molecular weight is 438 g/mol. The summed E-state index contributed by atoms with van der Waals surface area (Å²) in [5.74, 6) is -0.714. The van der Waals surface area contributed by atoms with Gasteiger partial charge in [0.15, 0.2) is 5.13 Å². The van der Waals surface area contributed by atoms with Crippen molar-refractivity contribution < 1.29 is 22.7 Å². The molecule has 0 radical (unpaired) electrons. The number of aromatic nitrogens is 1. The minimum atomic E-state index is -3.43. The van der Waals surface area contributed by atoms with E-state index in [1.807, 2.05) is 0 Å². The summed E-state index contributed by atoms with van der Waals surface area (Å²) in [6, 6.07) is 6.65. The van der Waals surface area contributed by atoms with E-state index in [-0.39, 0.29) is 17.2 Å². The van der Waals surface area contributed by atoms with Gasteiger partial charge in [0.2, 0.25) is 15.9 Å². The van der Waals surface area contributed by atoms with Crippen molar-refractivity contribution in [3.05, 3.63) is 40.4 Å². The fourth-order valence-corrected chi connectivity index (χ4v) is 5.50. The molecule has 2 aromatic rings. The molecule has 1 N–H and O–H groups in total. The number of hydrogen-bond donors (Lipinski definition) is 1. The zero-order chi connectivity index (χ0) is 21.0. The number of amides is 1. The number of methoxy groups -OCH3 is 1. The van der Waals surface area contributed by atoms with E-state index < -0.39 is 16.0 Å². The van der Waals surface area contributed by atoms with E-state index in [9.17, 15) is 18.0 Å². The number of carbonyl (C=O) groups is 2. The summed E-state index contributed by atoms with van der Waals surface area (Å²) in [4.78, 5) is 28.6. The van der Waals surface area contributed by atoms with E-state index in [0.29, 0.717) is 35.2 Å². The summed E-state index contributed by atoms with van der Waals surface area (Å²) in [5, 5.41) is 3.03. The van der Waals surface area contributed by atoms with Gasteiger partial charge in [-0.05, 0) is 43.9 Å². The first-order valence-electron chi connectivity index (χ1n) is 9.26. The van der Waals surface area contributed by atoms with Crippen molar-refractivity contribution in [2.24, 2.45) is 0 Å². The summed E-state index contributed by atoms with van der Waals surface area (Å²) in [5.41, 5.74) is 1.37. The van der Waals surface area contributed by atoms with Crippen molar-refractivity contribution in [3.63, 3.8) is 0 Å². The number of rotatable bonds is 7. The Hall–Kier alpha value is -2.30. The molecule has 29 heavy (non-hydrogen) atoms. The van der Waals surface area contributed by atoms with E-state index in [1.165, 1.54) is 11.4 Å². The van der Waals surface area contributed by atoms with Crippen molar-refractivity contribution in [2.75, 3.05) is 25.5 Å². The summed E-state index contributed by atoms with van der Waals surface area (Å²) < 4.78 is 31.3. The number of nitrogens with zero attached hydrogens (tertiary/aromatic N) is 2. The number of hydrogen-bond acceptors (Lipinski definition) is 7. The van der Waals surface area contributed by atoms with Crippen molar-refractivity contribution >= 4 is 38.4 Å². The number of anilines is 1. The van der Waals surface area contributed by atoms with Crippen LogP contribution in [0, 0.1) is 6.92 Å². The van der Waals surface area contributed by atoms with Crippen LogP contribution in [0.2, 0.25) is 0 Å². The van der Waals surface area contributed by atoms with E-state index in [0.717, 1.165) is 29.7 Å². The molecule has 1 fully saturated rings. The van der Waals surface area contributed by atoms with E-state index in [1.54, 1.807) is 31.2 Å². The lowest BCUT2D eigenvalue weighted by Gasteiger charge is -2.15. The smallest absolute Gasteiger partial charge is 0.350 e. The first-order chi connectivity index (χ1) is 13.8. The van der Waals surface area contributed by atoms with Crippen molar-refractivity contribution in [1.29, 1.82) is 0 Å². The molecular formula is C19H23N3O5S2. The Morgan fingerprint density at radius 1 is 1.21 bits per heavy atom. The molecule has 8 nitrogen and oxygen atoms in total. The van der Waals surface area contributed by atoms with Gasteiger partial charge in [0.1, 0.15) is 4.88 Å². The molecule has 0 unspecified atom stereocenters. The summed E-state index contributed by atoms with van der Waals surface area (Å²) >= 11 is 1.07. The molecule has 156 valence electrons. The lowest BCUT2D eigenvalue weighted by Crippen LogP contribution is -2.27. The monoisotopic (exact) mass is 437 g/mol. The van der Waals surface area contributed by atoms with Crippen LogP contribution >= 0.6 is 11.3 Å². The van der Waals surface area contributed by atoms with Crippen LogP contribution in [-0.2, 0) is 26.0 Å². The Bertz CT molecular complexity index is 993. The maximum absolute atomic E-state index is 12.5. The van der Waals surface area contributed by atoms with Gasteiger partial charge >= 0.3 is 5.97 Å². The van der Waals surface area contributed by atoms with Gasteiger partial charge in [-0.3, -0.25) is 4.79 Å². The summed E-state index contributed by atoms with van der Waals surface area (Å²) in [6.07, 6.45) is 2.47. The van der Waals surface area contributed by atoms with E-state index >= 15 is 0 Å². The third-order valence-corrected chi connectivity index (χ3v) is 7.65. The van der Waals surface area contributed by atoms with Gasteiger partial charge in [0.05, 0.1) is 17.7 Å². The Morgan fingerprint density at radius 3 is 2.48 bits per heavy atom. The minimum Gasteiger partial charge on any atom is -0.465 e. The standard InChI is InChI=1S/C19H23N3O5S2/c1-13-17(18(24)27-2)28-19(20-13)21-16(23)10-7-14-5-8-15(9-6-14)29(25,26)22-11-3-4-12-22/h5-6,8-9H,3-4,7,10-12H2,1-2H3,(H,20,21,23). The molecule has 1 aliphatic rings. The highest BCUT2D eigenvalue weighted by Crippen LogP contribution is 2.24. The predicted octanol–water partition coefficient (Wildman–Crippen LogP) is 2.59. The normalized spacial score (nSPS) is 14.7. The van der Waals surface area contributed by atoms with Crippen LogP contribution < -0.4 is 5.32 Å². The number of ether oxygens (including phenoxy) is 1. The van der Waals surface area contributed by atoms with Crippen LogP contribution in [0.25, 0.3) is 0 Å². The van der Waals surface area contributed by atoms with Gasteiger partial charge in [0.25, 0.3) is 0 Å². The molecule has 0 saturated carbocycles. The molecule has 0 atom stereocenters. The first kappa shape index (κ1) is 21.4. The highest BCUT2D eigenvalue weighted by atomic mass is 32.2. The van der Waals surface area contributed by atoms with Crippen molar-refractivity contribution in [3.8, 4) is 0 Å². The van der Waals surface area contributed by atoms with Crippen LogP contribution in [0.1, 0.15) is 40.2 Å². The molecule has 0 bridgehead atoms. The molecular weight excluding hydrogens is 414 g/mol. The van der Waals surface area contributed by atoms with E-state index in [2.05, 4.69) is 15.0 Å². The Balaban J connectivity index is 1.56. The number of sulfonamides is 1. The maximum Gasteiger partial charge on any atom is 0.350 e. The Kier molecular flexibility index (Phi) is 6.66. The fraction of sp³-hybridized carbons (Fsp3) is 0.421. The topological polar surface area (TPSA) is 106 Å². The van der Waals surface area contributed by atoms with Gasteiger partial charge < -0.3 is 10.1 Å². The van der Waals surface area contributed by atoms with Crippen molar-refractivity contribution in [1.82, 2.24) is 9.29 Å². The van der Waals surface area contributed by atoms with Gasteiger partial charge in [-0.25, -0.2) is 18.2 Å². The molecule has 0 aliphatic carbocycles. The largest absolute Gasteiger partial charge is 0.465 e. The Morgan fingerprint density at radius 2 is 1.86 bits per heavy atom. The van der Waals surface area contributed by atoms with Crippen LogP contribution in [0.5, 0.6) is 0 Å². The summed E-state index contributed by atoms with van der Waals surface area (Å²) in [6.45, 7) is 2.81. The van der Waals surface area contributed by atoms with Gasteiger partial charge in [-0.15, -0.1) is 0 Å². The Labute approximate surface area is 173 Å². The van der Waals surface area contributed by atoms with Crippen LogP contribution in [0.15, 0.2) is 29.2 Å². The second kappa shape index (κ2) is 9.02. The van der Waals surface area contributed by atoms with Crippen LogP contribution in [0.3, 0.4) is 0 Å². The SMILES string of the molecule is COC(=O)c1sc(NC(=O)CCc2ccc(S(=O)(=O)N3CCCC3)cc2)nc1C. The van der Waals surface area contributed by atoms with Gasteiger partial charge in [0, 0.05) is 19.5 Å². The third kappa shape index (κ3) is 5.01. The highest BCUT2D eigenvalue weighted by Gasteiger charge is 2.26. The second-order valence-corrected chi connectivity index (χ2v) is 9.67. The predicted molar refractivity (Wildman–Crippen MR) is 110 cm³/mol. The second-order valence-electron chi connectivity index (χ2n) is 6.73. The number of carbonyl (C=O) groups excluding carboxylic acids is 2. The maximum atomic E-state index is 12.5. The molecule has 1 saturated heterocycles. The van der Waals surface area contributed by atoms with Crippen molar-refractivity contribution in [2.45, 2.75) is 37.5 Å². The minimum absolute atomic E-state index is 0.213. The lowest BCUT2D eigenvalue weighted by molar-refractivity contribution is -0.116. The average Bonchev–Trinajstić information content (AvgIpc) is 3.36. The molecule has 1 aliphatic heterocycles. The zero-order valence-corrected chi connectivity index (χ0v) is 17.9. The zero-order valence-electron chi connectivity index (χ0n) is 16.3.